The smallest absolute Gasteiger partial charge is 0.0719 e. The Morgan fingerprint density at radius 1 is 0.639 bits per heavy atom. The lowest BCUT2D eigenvalue weighted by Crippen LogP contribution is -1.97. The zero-order valence-corrected chi connectivity index (χ0v) is 21.7. The van der Waals surface area contributed by atoms with Gasteiger partial charge < -0.3 is 0 Å². The molecular weight excluding hydrogens is 454 g/mol. The summed E-state index contributed by atoms with van der Waals surface area (Å²) >= 11 is 1.89. The Balaban J connectivity index is 1.57. The van der Waals surface area contributed by atoms with Gasteiger partial charge in [-0.25, -0.2) is 0 Å². The second-order valence-corrected chi connectivity index (χ2v) is 10.9. The zero-order valence-electron chi connectivity index (χ0n) is 20.9. The summed E-state index contributed by atoms with van der Waals surface area (Å²) in [5, 5.41) is 2.66. The van der Waals surface area contributed by atoms with Crippen LogP contribution in [0.5, 0.6) is 0 Å². The summed E-state index contributed by atoms with van der Waals surface area (Å²) in [7, 11) is 0. The van der Waals surface area contributed by atoms with Crippen molar-refractivity contribution in [2.45, 2.75) is 32.6 Å². The Hall–Kier alpha value is -3.75. The van der Waals surface area contributed by atoms with E-state index in [0.717, 1.165) is 5.69 Å². The Morgan fingerprint density at radius 3 is 2.11 bits per heavy atom. The summed E-state index contributed by atoms with van der Waals surface area (Å²) in [5.74, 6) is 0.813. The summed E-state index contributed by atoms with van der Waals surface area (Å²) in [4.78, 5) is 4.86. The fourth-order valence-electron chi connectivity index (χ4n) is 5.11. The van der Waals surface area contributed by atoms with Gasteiger partial charge in [-0.2, -0.15) is 0 Å². The van der Waals surface area contributed by atoms with Crippen LogP contribution in [0.4, 0.5) is 0 Å². The van der Waals surface area contributed by atoms with E-state index < -0.39 is 0 Å². The first kappa shape index (κ1) is 22.7. The predicted octanol–water partition coefficient (Wildman–Crippen LogP) is 10.1. The molecule has 4 aromatic carbocycles. The van der Waals surface area contributed by atoms with Gasteiger partial charge in [0, 0.05) is 37.9 Å². The lowest BCUT2D eigenvalue weighted by atomic mass is 9.92. The van der Waals surface area contributed by atoms with Crippen molar-refractivity contribution in [3.05, 3.63) is 126 Å². The molecule has 2 heteroatoms. The molecule has 1 atom stereocenters. The lowest BCUT2D eigenvalue weighted by molar-refractivity contribution is 0.869. The molecule has 2 heterocycles. The van der Waals surface area contributed by atoms with E-state index in [9.17, 15) is 0 Å². The third-order valence-electron chi connectivity index (χ3n) is 7.26. The quantitative estimate of drug-likeness (QED) is 0.238. The number of fused-ring (bicyclic) bond motifs is 3. The predicted molar refractivity (Wildman–Crippen MR) is 156 cm³/mol. The zero-order chi connectivity index (χ0) is 24.6. The van der Waals surface area contributed by atoms with Crippen molar-refractivity contribution in [3.8, 4) is 22.4 Å². The maximum absolute atomic E-state index is 4.86. The molecule has 6 rings (SSSR count). The lowest BCUT2D eigenvalue weighted by Gasteiger charge is -2.14. The first-order valence-corrected chi connectivity index (χ1v) is 13.5. The first-order valence-electron chi connectivity index (χ1n) is 12.7. The van der Waals surface area contributed by atoms with Gasteiger partial charge in [0.1, 0.15) is 0 Å². The SMILES string of the molecule is CC(C)c1ccc2c(c1)sc1c(-c3cc(C(C)c4ccccc4)ccn3)ccc(-c3ccccc3)c12. The molecule has 1 unspecified atom stereocenters. The summed E-state index contributed by atoms with van der Waals surface area (Å²) in [5.41, 5.74) is 8.77. The van der Waals surface area contributed by atoms with E-state index in [1.54, 1.807) is 0 Å². The highest BCUT2D eigenvalue weighted by atomic mass is 32.1. The molecule has 0 aliphatic heterocycles. The van der Waals surface area contributed by atoms with E-state index in [-0.39, 0.29) is 0 Å². The Kier molecular flexibility index (Phi) is 5.91. The maximum Gasteiger partial charge on any atom is 0.0719 e. The van der Waals surface area contributed by atoms with Crippen LogP contribution < -0.4 is 0 Å². The van der Waals surface area contributed by atoms with Gasteiger partial charge in [0.15, 0.2) is 0 Å². The van der Waals surface area contributed by atoms with E-state index >= 15 is 0 Å². The minimum absolute atomic E-state index is 0.308. The van der Waals surface area contributed by atoms with Crippen molar-refractivity contribution in [1.29, 1.82) is 0 Å². The molecule has 0 radical (unpaired) electrons. The van der Waals surface area contributed by atoms with Crippen LogP contribution in [0.1, 0.15) is 49.3 Å². The van der Waals surface area contributed by atoms with Crippen molar-refractivity contribution in [2.24, 2.45) is 0 Å². The number of nitrogens with zero attached hydrogens (tertiary/aromatic N) is 1. The van der Waals surface area contributed by atoms with Crippen molar-refractivity contribution in [3.63, 3.8) is 0 Å². The van der Waals surface area contributed by atoms with Gasteiger partial charge in [-0.3, -0.25) is 4.98 Å². The molecule has 0 fully saturated rings. The highest BCUT2D eigenvalue weighted by Gasteiger charge is 2.18. The van der Waals surface area contributed by atoms with Crippen LogP contribution >= 0.6 is 11.3 Å². The van der Waals surface area contributed by atoms with Gasteiger partial charge >= 0.3 is 0 Å². The molecule has 0 saturated heterocycles. The topological polar surface area (TPSA) is 12.9 Å². The van der Waals surface area contributed by atoms with Crippen LogP contribution in [0.25, 0.3) is 42.6 Å². The number of aromatic nitrogens is 1. The molecule has 1 nitrogen and oxygen atoms in total. The highest BCUT2D eigenvalue weighted by Crippen LogP contribution is 2.45. The second kappa shape index (κ2) is 9.37. The van der Waals surface area contributed by atoms with Crippen LogP contribution in [-0.4, -0.2) is 4.98 Å². The van der Waals surface area contributed by atoms with Gasteiger partial charge in [0.2, 0.25) is 0 Å². The van der Waals surface area contributed by atoms with Gasteiger partial charge in [0.05, 0.1) is 5.69 Å². The number of hydrogen-bond donors (Lipinski definition) is 0. The summed E-state index contributed by atoms with van der Waals surface area (Å²) in [6.07, 6.45) is 1.96. The van der Waals surface area contributed by atoms with Crippen molar-refractivity contribution in [2.75, 3.05) is 0 Å². The van der Waals surface area contributed by atoms with Crippen molar-refractivity contribution >= 4 is 31.5 Å². The van der Waals surface area contributed by atoms with E-state index in [1.165, 1.54) is 53.6 Å². The van der Waals surface area contributed by atoms with Gasteiger partial charge in [-0.1, -0.05) is 106 Å². The van der Waals surface area contributed by atoms with Gasteiger partial charge in [-0.15, -0.1) is 11.3 Å². The molecule has 0 amide bonds. The molecule has 0 aliphatic rings. The average Bonchev–Trinajstić information content (AvgIpc) is 3.32. The molecule has 0 bridgehead atoms. The number of thiophene rings is 1. The molecular formula is C34H29NS. The number of benzene rings is 4. The Morgan fingerprint density at radius 2 is 1.36 bits per heavy atom. The van der Waals surface area contributed by atoms with Gasteiger partial charge in [-0.05, 0) is 51.9 Å². The van der Waals surface area contributed by atoms with E-state index in [1.807, 2.05) is 17.5 Å². The molecule has 0 saturated carbocycles. The molecule has 36 heavy (non-hydrogen) atoms. The van der Waals surface area contributed by atoms with Crippen molar-refractivity contribution in [1.82, 2.24) is 4.98 Å². The van der Waals surface area contributed by atoms with Crippen LogP contribution in [0.15, 0.2) is 109 Å². The van der Waals surface area contributed by atoms with E-state index in [4.69, 9.17) is 4.98 Å². The Labute approximate surface area is 217 Å². The summed E-state index contributed by atoms with van der Waals surface area (Å²) < 4.78 is 2.65. The van der Waals surface area contributed by atoms with Crippen LogP contribution in [0.2, 0.25) is 0 Å². The third kappa shape index (κ3) is 4.02. The number of hydrogen-bond acceptors (Lipinski definition) is 2. The van der Waals surface area contributed by atoms with E-state index in [0.29, 0.717) is 11.8 Å². The fraction of sp³-hybridized carbons (Fsp3) is 0.147. The fourth-order valence-corrected chi connectivity index (χ4v) is 6.41. The molecule has 0 N–H and O–H groups in total. The average molecular weight is 484 g/mol. The number of rotatable bonds is 5. The standard InChI is InChI=1S/C34H29NS/c1-22(2)26-14-15-30-32(21-26)36-34-29(17-16-28(33(30)34)25-12-8-5-9-13-25)31-20-27(18-19-35-31)23(3)24-10-6-4-7-11-24/h4-23H,1-3H3. The molecule has 2 aromatic heterocycles. The summed E-state index contributed by atoms with van der Waals surface area (Å²) in [6, 6.07) is 37.4. The maximum atomic E-state index is 4.86. The monoisotopic (exact) mass is 483 g/mol. The number of pyridine rings is 1. The van der Waals surface area contributed by atoms with Crippen LogP contribution in [0, 0.1) is 0 Å². The van der Waals surface area contributed by atoms with Gasteiger partial charge in [0.25, 0.3) is 0 Å². The van der Waals surface area contributed by atoms with Crippen molar-refractivity contribution < 1.29 is 0 Å². The molecule has 6 aromatic rings. The van der Waals surface area contributed by atoms with Crippen LogP contribution in [0.3, 0.4) is 0 Å². The minimum Gasteiger partial charge on any atom is -0.256 e. The normalized spacial score (nSPS) is 12.4. The molecule has 0 aliphatic carbocycles. The first-order chi connectivity index (χ1) is 17.6. The Bertz CT molecular complexity index is 1660. The largest absolute Gasteiger partial charge is 0.256 e. The second-order valence-electron chi connectivity index (χ2n) is 9.85. The third-order valence-corrected chi connectivity index (χ3v) is 8.44. The van der Waals surface area contributed by atoms with E-state index in [2.05, 4.69) is 124 Å². The minimum atomic E-state index is 0.308. The molecule has 0 spiro atoms. The summed E-state index contributed by atoms with van der Waals surface area (Å²) in [6.45, 7) is 6.80. The van der Waals surface area contributed by atoms with Crippen LogP contribution in [-0.2, 0) is 0 Å². The highest BCUT2D eigenvalue weighted by molar-refractivity contribution is 7.26. The molecule has 176 valence electrons.